The van der Waals surface area contributed by atoms with E-state index in [-0.39, 0.29) is 17.4 Å². The summed E-state index contributed by atoms with van der Waals surface area (Å²) in [4.78, 5) is 25.1. The molecule has 0 aromatic rings. The molecule has 0 aliphatic rings. The van der Waals surface area contributed by atoms with Gasteiger partial charge >= 0.3 is 0 Å². The summed E-state index contributed by atoms with van der Waals surface area (Å²) in [5.41, 5.74) is 0. The Morgan fingerprint density at radius 1 is 0.692 bits per heavy atom. The first-order valence-corrected chi connectivity index (χ1v) is 1.70. The minimum absolute atomic E-state index is 0. The second-order valence-electron chi connectivity index (χ2n) is 0.714. The van der Waals surface area contributed by atoms with E-state index in [2.05, 4.69) is 0 Å². The lowest BCUT2D eigenvalue weighted by Gasteiger charge is -1.56. The minimum Gasteiger partial charge on any atom is -0.328 e. The quantitative estimate of drug-likeness (QED) is 0.229. The van der Waals surface area contributed by atoms with Gasteiger partial charge in [0.25, 0.3) is 15.3 Å². The highest BCUT2D eigenvalue weighted by molar-refractivity contribution is 5.75. The maximum absolute atomic E-state index is 8.36. The second kappa shape index (κ2) is 16.6. The molecule has 0 saturated carbocycles. The Kier molecular flexibility index (Phi) is 28.7. The van der Waals surface area contributed by atoms with Gasteiger partial charge in [-0.25, -0.2) is 0 Å². The summed E-state index contributed by atoms with van der Waals surface area (Å²) < 4.78 is 0. The molecule has 13 heteroatoms. The van der Waals surface area contributed by atoms with Crippen LogP contribution in [0.5, 0.6) is 0 Å². The van der Waals surface area contributed by atoms with E-state index in [0.29, 0.717) is 0 Å². The van der Waals surface area contributed by atoms with Crippen LogP contribution in [0.15, 0.2) is 0 Å². The van der Waals surface area contributed by atoms with Crippen molar-refractivity contribution in [2.75, 3.05) is 0 Å². The summed E-state index contributed by atoms with van der Waals surface area (Å²) in [6.07, 6.45) is 0. The first-order chi connectivity index (χ1) is 5.20. The highest BCUT2D eigenvalue weighted by Crippen LogP contribution is 1.39. The molecule has 0 rings (SSSR count). The van der Waals surface area contributed by atoms with Crippen LogP contribution in [0.4, 0.5) is 0 Å². The Bertz CT molecular complexity index is 112. The van der Waals surface area contributed by atoms with Crippen molar-refractivity contribution in [1.82, 2.24) is 0 Å². The lowest BCUT2D eigenvalue weighted by Crippen LogP contribution is -1.81. The molecular formula is H6AlN3O9. The van der Waals surface area contributed by atoms with Crippen molar-refractivity contribution < 1.29 is 30.9 Å². The molecule has 0 aromatic heterocycles. The van der Waals surface area contributed by atoms with Crippen LogP contribution in [0.1, 0.15) is 0 Å². The van der Waals surface area contributed by atoms with Crippen LogP contribution in [-0.2, 0) is 0 Å². The third-order valence-corrected chi connectivity index (χ3v) is 0. The molecule has 0 aliphatic carbocycles. The number of hydrogen-bond acceptors (Lipinski definition) is 6. The summed E-state index contributed by atoms with van der Waals surface area (Å²) in [6, 6.07) is 0. The smallest absolute Gasteiger partial charge is 0.291 e. The topological polar surface area (TPSA) is 190 Å². The van der Waals surface area contributed by atoms with E-state index in [1.165, 1.54) is 0 Å². The van der Waals surface area contributed by atoms with Gasteiger partial charge in [0.2, 0.25) is 0 Å². The fraction of sp³-hybridized carbons (Fsp3) is 0. The zero-order valence-corrected chi connectivity index (χ0v) is 5.13. The Balaban J connectivity index is -0.0000000450. The van der Waals surface area contributed by atoms with Crippen LogP contribution in [0.2, 0.25) is 0 Å². The third-order valence-electron chi connectivity index (χ3n) is 0. The first-order valence-electron chi connectivity index (χ1n) is 1.70. The van der Waals surface area contributed by atoms with Crippen molar-refractivity contribution in [3.63, 3.8) is 0 Å². The molecule has 3 N–H and O–H groups in total. The molecule has 12 nitrogen and oxygen atoms in total. The molecule has 0 aliphatic heterocycles. The molecular weight excluding hydrogens is 213 g/mol. The maximum atomic E-state index is 8.36. The van der Waals surface area contributed by atoms with Crippen LogP contribution < -0.4 is 0 Å². The minimum atomic E-state index is -1.50. The molecule has 0 amide bonds. The van der Waals surface area contributed by atoms with Crippen LogP contribution >= 0.6 is 0 Å². The fourth-order valence-corrected chi connectivity index (χ4v) is 0. The molecule has 0 atom stereocenters. The summed E-state index contributed by atoms with van der Waals surface area (Å²) in [5, 5.41) is 40.9. The van der Waals surface area contributed by atoms with E-state index in [0.717, 1.165) is 0 Å². The van der Waals surface area contributed by atoms with Crippen molar-refractivity contribution in [3.8, 4) is 0 Å². The summed E-state index contributed by atoms with van der Waals surface area (Å²) in [5.74, 6) is 0. The van der Waals surface area contributed by atoms with Crippen molar-refractivity contribution in [2.45, 2.75) is 0 Å². The summed E-state index contributed by atoms with van der Waals surface area (Å²) in [7, 11) is 0. The molecule has 0 radical (unpaired) electrons. The Morgan fingerprint density at radius 3 is 0.692 bits per heavy atom. The molecule has 13 heavy (non-hydrogen) atoms. The molecule has 0 heterocycles. The SMILES string of the molecule is O=[N+]([O-])O.O=[N+]([O-])O.O=[N+]([O-])O.[AlH3]. The molecule has 78 valence electrons. The molecule has 0 fully saturated rings. The van der Waals surface area contributed by atoms with Crippen LogP contribution in [0.25, 0.3) is 0 Å². The van der Waals surface area contributed by atoms with Crippen molar-refractivity contribution >= 4 is 17.4 Å². The number of nitrogens with zero attached hydrogens (tertiary/aromatic N) is 3. The number of rotatable bonds is 0. The monoisotopic (exact) mass is 219 g/mol. The predicted molar refractivity (Wildman–Crippen MR) is 36.3 cm³/mol. The molecule has 0 spiro atoms. The maximum Gasteiger partial charge on any atom is 0.291 e. The van der Waals surface area contributed by atoms with Crippen molar-refractivity contribution in [3.05, 3.63) is 30.3 Å². The van der Waals surface area contributed by atoms with E-state index in [1.807, 2.05) is 0 Å². The molecule has 0 bridgehead atoms. The highest BCUT2D eigenvalue weighted by atomic mass is 27.0. The van der Waals surface area contributed by atoms with E-state index in [1.54, 1.807) is 0 Å². The first kappa shape index (κ1) is 22.5. The fourth-order valence-electron chi connectivity index (χ4n) is 0. The van der Waals surface area contributed by atoms with Crippen LogP contribution in [-0.4, -0.2) is 48.2 Å². The van der Waals surface area contributed by atoms with E-state index in [9.17, 15) is 0 Å². The van der Waals surface area contributed by atoms with Crippen molar-refractivity contribution in [2.24, 2.45) is 0 Å². The predicted octanol–water partition coefficient (Wildman–Crippen LogP) is -2.23. The second-order valence-corrected chi connectivity index (χ2v) is 0.714. The zero-order chi connectivity index (χ0) is 10.7. The molecule has 0 saturated heterocycles. The number of hydrogen-bond donors (Lipinski definition) is 3. The molecule has 0 aromatic carbocycles. The summed E-state index contributed by atoms with van der Waals surface area (Å²) >= 11 is 0. The van der Waals surface area contributed by atoms with Gasteiger partial charge in [0.15, 0.2) is 17.4 Å². The highest BCUT2D eigenvalue weighted by Gasteiger charge is 1.66. The Morgan fingerprint density at radius 2 is 0.692 bits per heavy atom. The van der Waals surface area contributed by atoms with Crippen LogP contribution in [0, 0.1) is 30.3 Å². The molecule has 0 unspecified atom stereocenters. The van der Waals surface area contributed by atoms with E-state index >= 15 is 0 Å². The Hall–Kier alpha value is -1.87. The zero-order valence-electron chi connectivity index (χ0n) is 5.13. The average Bonchev–Trinajstić information content (AvgIpc) is 1.54. The van der Waals surface area contributed by atoms with E-state index < -0.39 is 15.3 Å². The van der Waals surface area contributed by atoms with Gasteiger partial charge in [-0.1, -0.05) is 0 Å². The van der Waals surface area contributed by atoms with Crippen molar-refractivity contribution in [1.29, 1.82) is 0 Å². The summed E-state index contributed by atoms with van der Waals surface area (Å²) in [6.45, 7) is 0. The standard InChI is InChI=1S/Al.3HNO3.3H/c;3*2-1(3)4;;;/h;3*(H,2,3,4);;;. The normalized spacial score (nSPS) is 5.54. The van der Waals surface area contributed by atoms with Gasteiger partial charge in [0, 0.05) is 0 Å². The average molecular weight is 219 g/mol. The van der Waals surface area contributed by atoms with Gasteiger partial charge in [0.1, 0.15) is 0 Å². The lowest BCUT2D eigenvalue weighted by atomic mass is 13.1. The Labute approximate surface area is 79.5 Å². The lowest BCUT2D eigenvalue weighted by molar-refractivity contribution is -0.742. The van der Waals surface area contributed by atoms with E-state index in [4.69, 9.17) is 46.0 Å². The van der Waals surface area contributed by atoms with Gasteiger partial charge in [0.05, 0.1) is 0 Å². The van der Waals surface area contributed by atoms with Gasteiger partial charge in [-0.3, -0.25) is 0 Å². The van der Waals surface area contributed by atoms with Crippen LogP contribution in [0.3, 0.4) is 0 Å². The largest absolute Gasteiger partial charge is 0.328 e. The van der Waals surface area contributed by atoms with Gasteiger partial charge in [-0.15, -0.1) is 30.3 Å². The van der Waals surface area contributed by atoms with Gasteiger partial charge < -0.3 is 15.6 Å². The van der Waals surface area contributed by atoms with Gasteiger partial charge in [-0.2, -0.15) is 0 Å². The third kappa shape index (κ3) is 192. The van der Waals surface area contributed by atoms with Gasteiger partial charge in [-0.05, 0) is 0 Å².